The zero-order chi connectivity index (χ0) is 13.5. The average Bonchev–Trinajstić information content (AvgIpc) is 2.36. The van der Waals surface area contributed by atoms with E-state index in [0.717, 1.165) is 0 Å². The molecule has 5 heteroatoms. The Labute approximate surface area is 105 Å². The molecule has 0 aliphatic rings. The molecule has 0 spiro atoms. The van der Waals surface area contributed by atoms with Crippen molar-refractivity contribution in [3.05, 3.63) is 29.3 Å². The molecule has 0 bridgehead atoms. The van der Waals surface area contributed by atoms with Gasteiger partial charge in [-0.1, -0.05) is 0 Å². The molecule has 0 heterocycles. The van der Waals surface area contributed by atoms with Crippen LogP contribution in [0.4, 0.5) is 8.78 Å². The van der Waals surface area contributed by atoms with Gasteiger partial charge in [0, 0.05) is 12.0 Å². The molecule has 1 aromatic rings. The third-order valence-corrected chi connectivity index (χ3v) is 2.40. The van der Waals surface area contributed by atoms with E-state index in [1.807, 2.05) is 0 Å². The number of halogens is 2. The van der Waals surface area contributed by atoms with Crippen LogP contribution < -0.4 is 4.74 Å². The van der Waals surface area contributed by atoms with E-state index in [0.29, 0.717) is 24.3 Å². The summed E-state index contributed by atoms with van der Waals surface area (Å²) in [6, 6.07) is 4.32. The van der Waals surface area contributed by atoms with Crippen molar-refractivity contribution < 1.29 is 23.0 Å². The minimum Gasteiger partial charge on any atom is -0.497 e. The average molecular weight is 258 g/mol. The fourth-order valence-corrected chi connectivity index (χ4v) is 1.55. The van der Waals surface area contributed by atoms with Gasteiger partial charge in [0.15, 0.2) is 0 Å². The van der Waals surface area contributed by atoms with Crippen LogP contribution in [0.15, 0.2) is 18.2 Å². The Hall–Kier alpha value is -1.65. The van der Waals surface area contributed by atoms with E-state index in [9.17, 15) is 13.6 Å². The fourth-order valence-electron chi connectivity index (χ4n) is 1.55. The second-order valence-corrected chi connectivity index (χ2v) is 3.72. The van der Waals surface area contributed by atoms with Gasteiger partial charge in [-0.25, -0.2) is 8.78 Å². The van der Waals surface area contributed by atoms with Crippen molar-refractivity contribution in [2.24, 2.45) is 0 Å². The zero-order valence-electron chi connectivity index (χ0n) is 10.4. The van der Waals surface area contributed by atoms with Gasteiger partial charge >= 0.3 is 5.97 Å². The molecule has 0 saturated heterocycles. The summed E-state index contributed by atoms with van der Waals surface area (Å²) in [5.74, 6) is 0.0329. The van der Waals surface area contributed by atoms with Crippen LogP contribution in [0.2, 0.25) is 0 Å². The molecule has 1 aromatic carbocycles. The number of aryl methyl sites for hydroxylation is 1. The molecule has 0 aliphatic heterocycles. The summed E-state index contributed by atoms with van der Waals surface area (Å²) in [5.41, 5.74) is 0.533. The second-order valence-electron chi connectivity index (χ2n) is 3.72. The first-order valence-corrected chi connectivity index (χ1v) is 5.68. The van der Waals surface area contributed by atoms with Gasteiger partial charge in [-0.3, -0.25) is 4.79 Å². The number of hydrogen-bond acceptors (Lipinski definition) is 3. The number of benzene rings is 1. The Bertz CT molecular complexity index is 405. The van der Waals surface area contributed by atoms with E-state index in [1.165, 1.54) is 19.2 Å². The van der Waals surface area contributed by atoms with Crippen LogP contribution in [0.3, 0.4) is 0 Å². The molecule has 0 unspecified atom stereocenters. The summed E-state index contributed by atoms with van der Waals surface area (Å²) in [5, 5.41) is 0. The number of esters is 1. The molecule has 0 atom stereocenters. The van der Waals surface area contributed by atoms with Gasteiger partial charge in [-0.05, 0) is 37.1 Å². The summed E-state index contributed by atoms with van der Waals surface area (Å²) in [6.07, 6.45) is -2.03. The van der Waals surface area contributed by atoms with Gasteiger partial charge in [0.1, 0.15) is 5.75 Å². The number of methoxy groups -OCH3 is 1. The molecule has 0 aliphatic carbocycles. The highest BCUT2D eigenvalue weighted by molar-refractivity contribution is 5.69. The highest BCUT2D eigenvalue weighted by Gasteiger charge is 2.11. The molecule has 1 rings (SSSR count). The normalized spacial score (nSPS) is 10.5. The van der Waals surface area contributed by atoms with E-state index < -0.39 is 6.43 Å². The van der Waals surface area contributed by atoms with Crippen molar-refractivity contribution in [3.63, 3.8) is 0 Å². The fraction of sp³-hybridized carbons (Fsp3) is 0.462. The lowest BCUT2D eigenvalue weighted by Gasteiger charge is -2.08. The van der Waals surface area contributed by atoms with E-state index in [1.54, 1.807) is 13.0 Å². The van der Waals surface area contributed by atoms with Gasteiger partial charge in [0.05, 0.1) is 13.7 Å². The van der Waals surface area contributed by atoms with Crippen molar-refractivity contribution in [3.8, 4) is 5.75 Å². The lowest BCUT2D eigenvalue weighted by molar-refractivity contribution is -0.143. The topological polar surface area (TPSA) is 35.5 Å². The molecule has 0 aromatic heterocycles. The van der Waals surface area contributed by atoms with Crippen molar-refractivity contribution in [1.82, 2.24) is 0 Å². The molecular weight excluding hydrogens is 242 g/mol. The lowest BCUT2D eigenvalue weighted by Crippen LogP contribution is -2.05. The number of carbonyl (C=O) groups excluding carboxylic acids is 1. The van der Waals surface area contributed by atoms with Crippen LogP contribution in [-0.4, -0.2) is 19.7 Å². The smallest absolute Gasteiger partial charge is 0.306 e. The predicted octanol–water partition coefficient (Wildman–Crippen LogP) is 3.13. The number of rotatable bonds is 6. The Balaban J connectivity index is 2.75. The molecule has 100 valence electrons. The summed E-state index contributed by atoms with van der Waals surface area (Å²) >= 11 is 0. The Morgan fingerprint density at radius 2 is 2.06 bits per heavy atom. The first-order valence-electron chi connectivity index (χ1n) is 5.68. The highest BCUT2D eigenvalue weighted by Crippen LogP contribution is 2.25. The van der Waals surface area contributed by atoms with Crippen LogP contribution in [0.25, 0.3) is 0 Å². The first-order chi connectivity index (χ1) is 8.56. The van der Waals surface area contributed by atoms with Crippen molar-refractivity contribution >= 4 is 5.97 Å². The maximum absolute atomic E-state index is 12.6. The van der Waals surface area contributed by atoms with Crippen LogP contribution in [0, 0.1) is 0 Å². The van der Waals surface area contributed by atoms with Crippen molar-refractivity contribution in [1.29, 1.82) is 0 Å². The monoisotopic (exact) mass is 258 g/mol. The van der Waals surface area contributed by atoms with Crippen LogP contribution in [-0.2, 0) is 16.0 Å². The van der Waals surface area contributed by atoms with E-state index in [4.69, 9.17) is 9.47 Å². The van der Waals surface area contributed by atoms with Gasteiger partial charge in [-0.15, -0.1) is 0 Å². The molecule has 0 amide bonds. The Morgan fingerprint density at radius 3 is 2.61 bits per heavy atom. The minimum atomic E-state index is -2.55. The number of alkyl halides is 2. The van der Waals surface area contributed by atoms with Crippen molar-refractivity contribution in [2.75, 3.05) is 13.7 Å². The minimum absolute atomic E-state index is 0.104. The summed E-state index contributed by atoms with van der Waals surface area (Å²) in [6.45, 7) is 2.04. The molecule has 3 nitrogen and oxygen atoms in total. The SMILES string of the molecule is CCOC(=O)CCc1cc(OC)cc(C(F)F)c1. The van der Waals surface area contributed by atoms with Crippen LogP contribution in [0.5, 0.6) is 5.75 Å². The Morgan fingerprint density at radius 1 is 1.33 bits per heavy atom. The molecule has 0 N–H and O–H groups in total. The van der Waals surface area contributed by atoms with Crippen molar-refractivity contribution in [2.45, 2.75) is 26.2 Å². The highest BCUT2D eigenvalue weighted by atomic mass is 19.3. The van der Waals surface area contributed by atoms with Gasteiger partial charge < -0.3 is 9.47 Å². The quantitative estimate of drug-likeness (QED) is 0.735. The van der Waals surface area contributed by atoms with Crippen LogP contribution >= 0.6 is 0 Å². The molecule has 0 radical (unpaired) electrons. The van der Waals surface area contributed by atoms with Gasteiger partial charge in [-0.2, -0.15) is 0 Å². The van der Waals surface area contributed by atoms with Gasteiger partial charge in [0.2, 0.25) is 0 Å². The third-order valence-electron chi connectivity index (χ3n) is 2.40. The van der Waals surface area contributed by atoms with Gasteiger partial charge in [0.25, 0.3) is 6.43 Å². The molecule has 0 saturated carbocycles. The zero-order valence-corrected chi connectivity index (χ0v) is 10.4. The first kappa shape index (κ1) is 14.4. The van der Waals surface area contributed by atoms with Crippen LogP contribution in [0.1, 0.15) is 30.9 Å². The van der Waals surface area contributed by atoms with E-state index >= 15 is 0 Å². The molecular formula is C13H16F2O3. The second kappa shape index (κ2) is 6.93. The maximum atomic E-state index is 12.6. The molecule has 0 fully saturated rings. The summed E-state index contributed by atoms with van der Waals surface area (Å²) < 4.78 is 35.0. The van der Waals surface area contributed by atoms with E-state index in [-0.39, 0.29) is 18.0 Å². The maximum Gasteiger partial charge on any atom is 0.306 e. The largest absolute Gasteiger partial charge is 0.497 e. The standard InChI is InChI=1S/C13H16F2O3/c1-3-18-12(16)5-4-9-6-10(13(14)15)8-11(7-9)17-2/h6-8,13H,3-5H2,1-2H3. The number of ether oxygens (including phenoxy) is 2. The number of carbonyl (C=O) groups is 1. The lowest BCUT2D eigenvalue weighted by atomic mass is 10.1. The predicted molar refractivity (Wildman–Crippen MR) is 62.9 cm³/mol. The molecule has 18 heavy (non-hydrogen) atoms. The number of hydrogen-bond donors (Lipinski definition) is 0. The summed E-state index contributed by atoms with van der Waals surface area (Å²) in [7, 11) is 1.42. The van der Waals surface area contributed by atoms with E-state index in [2.05, 4.69) is 0 Å². The third kappa shape index (κ3) is 4.31. The summed E-state index contributed by atoms with van der Waals surface area (Å²) in [4.78, 5) is 11.2. The Kier molecular flexibility index (Phi) is 5.55.